The maximum absolute atomic E-state index is 12.4. The van der Waals surface area contributed by atoms with E-state index in [0.29, 0.717) is 11.4 Å². The smallest absolute Gasteiger partial charge is 0.308 e. The van der Waals surface area contributed by atoms with Crippen LogP contribution in [0.2, 0.25) is 0 Å². The Morgan fingerprint density at radius 3 is 2.72 bits per heavy atom. The summed E-state index contributed by atoms with van der Waals surface area (Å²) in [4.78, 5) is 39.5. The van der Waals surface area contributed by atoms with Gasteiger partial charge in [-0.2, -0.15) is 0 Å². The zero-order chi connectivity index (χ0) is 21.0. The Labute approximate surface area is 174 Å². The molecule has 1 aliphatic rings. The van der Waals surface area contributed by atoms with Gasteiger partial charge in [0.15, 0.2) is 6.10 Å². The van der Waals surface area contributed by atoms with Gasteiger partial charge >= 0.3 is 5.97 Å². The molecular weight excluding hydrogens is 388 g/mol. The zero-order valence-corrected chi connectivity index (χ0v) is 17.5. The predicted molar refractivity (Wildman–Crippen MR) is 114 cm³/mol. The molecule has 0 radical (unpaired) electrons. The number of nitrogens with one attached hydrogen (secondary N) is 1. The lowest BCUT2D eigenvalue weighted by atomic mass is 10.1. The second-order valence-electron chi connectivity index (χ2n) is 6.99. The highest BCUT2D eigenvalue weighted by molar-refractivity contribution is 8.00. The molecule has 0 spiro atoms. The fraction of sp³-hybridized carbons (Fsp3) is 0.318. The topological polar surface area (TPSA) is 75.7 Å². The molecule has 1 heterocycles. The minimum Gasteiger partial charge on any atom is -0.452 e. The van der Waals surface area contributed by atoms with Gasteiger partial charge < -0.3 is 15.0 Å². The number of ether oxygens (including phenoxy) is 1. The number of nitrogens with zero attached hydrogens (tertiary/aromatic N) is 1. The quantitative estimate of drug-likeness (QED) is 0.732. The Balaban J connectivity index is 1.54. The molecule has 0 saturated carbocycles. The standard InChI is InChI=1S/C22H24N2O4S/c1-14-8-9-17(15(2)12-14)23-22(27)16(3)28-21(26)10-11-24-18-6-4-5-7-19(18)29-13-20(24)25/h4-9,12,16H,10-11,13H2,1-3H3,(H,23,27)/t16-/m1/s1. The van der Waals surface area contributed by atoms with Crippen molar-refractivity contribution in [3.8, 4) is 0 Å². The molecule has 0 unspecified atom stereocenters. The molecule has 0 fully saturated rings. The highest BCUT2D eigenvalue weighted by Gasteiger charge is 2.26. The Hall–Kier alpha value is -2.80. The highest BCUT2D eigenvalue weighted by atomic mass is 32.2. The van der Waals surface area contributed by atoms with Crippen LogP contribution in [0.1, 0.15) is 24.5 Å². The van der Waals surface area contributed by atoms with Crippen molar-refractivity contribution in [1.82, 2.24) is 0 Å². The molecule has 1 atom stereocenters. The van der Waals surface area contributed by atoms with E-state index in [4.69, 9.17) is 4.74 Å². The van der Waals surface area contributed by atoms with Crippen LogP contribution in [-0.4, -0.2) is 36.2 Å². The number of amides is 2. The highest BCUT2D eigenvalue weighted by Crippen LogP contribution is 2.34. The number of rotatable bonds is 6. The number of aryl methyl sites for hydroxylation is 2. The van der Waals surface area contributed by atoms with E-state index in [1.54, 1.807) is 4.90 Å². The summed E-state index contributed by atoms with van der Waals surface area (Å²) in [6.07, 6.45) is -0.908. The third-order valence-electron chi connectivity index (χ3n) is 4.67. The van der Waals surface area contributed by atoms with E-state index < -0.39 is 12.1 Å². The summed E-state index contributed by atoms with van der Waals surface area (Å²) in [5.74, 6) is -0.596. The van der Waals surface area contributed by atoms with Gasteiger partial charge in [0, 0.05) is 17.1 Å². The van der Waals surface area contributed by atoms with E-state index in [1.165, 1.54) is 18.7 Å². The number of anilines is 2. The summed E-state index contributed by atoms with van der Waals surface area (Å²) in [5, 5.41) is 2.78. The molecule has 152 valence electrons. The number of hydrogen-bond acceptors (Lipinski definition) is 5. The van der Waals surface area contributed by atoms with Crippen molar-refractivity contribution in [3.05, 3.63) is 53.6 Å². The number of carbonyl (C=O) groups is 3. The lowest BCUT2D eigenvalue weighted by molar-refractivity contribution is -0.152. The molecule has 1 aliphatic heterocycles. The van der Waals surface area contributed by atoms with Crippen LogP contribution in [0.15, 0.2) is 47.4 Å². The van der Waals surface area contributed by atoms with Crippen molar-refractivity contribution < 1.29 is 19.1 Å². The second-order valence-corrected chi connectivity index (χ2v) is 8.01. The van der Waals surface area contributed by atoms with Gasteiger partial charge in [-0.15, -0.1) is 11.8 Å². The maximum atomic E-state index is 12.4. The van der Waals surface area contributed by atoms with Gasteiger partial charge in [0.2, 0.25) is 5.91 Å². The molecule has 29 heavy (non-hydrogen) atoms. The second kappa shape index (κ2) is 9.13. The minimum atomic E-state index is -0.928. The first-order valence-electron chi connectivity index (χ1n) is 9.45. The molecule has 0 aliphatic carbocycles. The number of hydrogen-bond donors (Lipinski definition) is 1. The first-order valence-corrected chi connectivity index (χ1v) is 10.4. The van der Waals surface area contributed by atoms with Gasteiger partial charge in [0.05, 0.1) is 17.9 Å². The molecule has 0 aromatic heterocycles. The predicted octanol–water partition coefficient (Wildman–Crippen LogP) is 3.70. The van der Waals surface area contributed by atoms with Crippen LogP contribution >= 0.6 is 11.8 Å². The molecule has 7 heteroatoms. The van der Waals surface area contributed by atoms with E-state index in [-0.39, 0.29) is 24.8 Å². The normalized spacial score (nSPS) is 14.2. The molecule has 2 aromatic rings. The van der Waals surface area contributed by atoms with Crippen molar-refractivity contribution in [3.63, 3.8) is 0 Å². The zero-order valence-electron chi connectivity index (χ0n) is 16.7. The van der Waals surface area contributed by atoms with Gasteiger partial charge in [-0.1, -0.05) is 29.8 Å². The summed E-state index contributed by atoms with van der Waals surface area (Å²) in [6.45, 7) is 5.65. The largest absolute Gasteiger partial charge is 0.452 e. The molecule has 6 nitrogen and oxygen atoms in total. The SMILES string of the molecule is Cc1ccc(NC(=O)[C@@H](C)OC(=O)CCN2C(=O)CSc3ccccc32)c(C)c1. The lowest BCUT2D eigenvalue weighted by Gasteiger charge is -2.28. The van der Waals surface area contributed by atoms with Crippen LogP contribution in [-0.2, 0) is 19.1 Å². The first kappa shape index (κ1) is 20.9. The van der Waals surface area contributed by atoms with Crippen LogP contribution in [0.3, 0.4) is 0 Å². The number of esters is 1. The van der Waals surface area contributed by atoms with Crippen molar-refractivity contribution in [2.24, 2.45) is 0 Å². The maximum Gasteiger partial charge on any atom is 0.308 e. The first-order chi connectivity index (χ1) is 13.8. The molecule has 1 N–H and O–H groups in total. The number of fused-ring (bicyclic) bond motifs is 1. The number of carbonyl (C=O) groups excluding carboxylic acids is 3. The van der Waals surface area contributed by atoms with E-state index in [2.05, 4.69) is 5.32 Å². The van der Waals surface area contributed by atoms with E-state index in [0.717, 1.165) is 21.7 Å². The Morgan fingerprint density at radius 1 is 1.21 bits per heavy atom. The van der Waals surface area contributed by atoms with Crippen LogP contribution in [0, 0.1) is 13.8 Å². The van der Waals surface area contributed by atoms with Gasteiger partial charge in [0.1, 0.15) is 0 Å². The molecule has 0 bridgehead atoms. The number of thioether (sulfide) groups is 1. The van der Waals surface area contributed by atoms with Crippen molar-refractivity contribution in [2.75, 3.05) is 22.5 Å². The monoisotopic (exact) mass is 412 g/mol. The van der Waals surface area contributed by atoms with E-state index >= 15 is 0 Å². The van der Waals surface area contributed by atoms with Crippen LogP contribution in [0.25, 0.3) is 0 Å². The summed E-state index contributed by atoms with van der Waals surface area (Å²) in [5.41, 5.74) is 3.54. The number of para-hydroxylation sites is 1. The Kier molecular flexibility index (Phi) is 6.59. The fourth-order valence-electron chi connectivity index (χ4n) is 3.10. The Bertz CT molecular complexity index is 944. The van der Waals surface area contributed by atoms with Crippen LogP contribution in [0.5, 0.6) is 0 Å². The van der Waals surface area contributed by atoms with Gasteiger partial charge in [-0.3, -0.25) is 14.4 Å². The average molecular weight is 413 g/mol. The van der Waals surface area contributed by atoms with E-state index in [1.807, 2.05) is 56.3 Å². The molecular formula is C22H24N2O4S. The fourth-order valence-corrected chi connectivity index (χ4v) is 4.04. The summed E-state index contributed by atoms with van der Waals surface area (Å²) in [7, 11) is 0. The molecule has 3 rings (SSSR count). The van der Waals surface area contributed by atoms with Crippen molar-refractivity contribution in [2.45, 2.75) is 38.2 Å². The van der Waals surface area contributed by atoms with Gasteiger partial charge in [-0.25, -0.2) is 0 Å². The minimum absolute atomic E-state index is 0.0198. The summed E-state index contributed by atoms with van der Waals surface area (Å²) < 4.78 is 5.27. The lowest BCUT2D eigenvalue weighted by Crippen LogP contribution is -2.38. The van der Waals surface area contributed by atoms with Gasteiger partial charge in [-0.05, 0) is 44.5 Å². The van der Waals surface area contributed by atoms with E-state index in [9.17, 15) is 14.4 Å². The number of benzene rings is 2. The van der Waals surface area contributed by atoms with Crippen molar-refractivity contribution in [1.29, 1.82) is 0 Å². The van der Waals surface area contributed by atoms with Crippen molar-refractivity contribution >= 4 is 40.9 Å². The molecule has 2 amide bonds. The van der Waals surface area contributed by atoms with Gasteiger partial charge in [0.25, 0.3) is 5.91 Å². The molecule has 2 aromatic carbocycles. The average Bonchev–Trinajstić information content (AvgIpc) is 2.69. The summed E-state index contributed by atoms with van der Waals surface area (Å²) in [6, 6.07) is 13.3. The van der Waals surface area contributed by atoms with Crippen LogP contribution < -0.4 is 10.2 Å². The third kappa shape index (κ3) is 5.17. The van der Waals surface area contributed by atoms with Crippen LogP contribution in [0.4, 0.5) is 11.4 Å². The Morgan fingerprint density at radius 2 is 1.97 bits per heavy atom. The molecule has 0 saturated heterocycles. The summed E-state index contributed by atoms with van der Waals surface area (Å²) >= 11 is 1.49. The third-order valence-corrected chi connectivity index (χ3v) is 5.71.